The van der Waals surface area contributed by atoms with E-state index in [-0.39, 0.29) is 55.9 Å². The second kappa shape index (κ2) is 11.3. The minimum absolute atomic E-state index is 0. The normalized spacial score (nSPS) is 11.9. The Morgan fingerprint density at radius 3 is 2.15 bits per heavy atom. The van der Waals surface area contributed by atoms with Crippen LogP contribution >= 0.6 is 0 Å². The molecule has 1 aromatic rings. The van der Waals surface area contributed by atoms with Gasteiger partial charge in [-0.25, -0.2) is 0 Å². The molecule has 0 saturated carbocycles. The van der Waals surface area contributed by atoms with Crippen LogP contribution < -0.4 is 34.7 Å². The SMILES string of the molecule is O=C([O-])C(CCc1ccccc1)N(CCO)CCO.[Na+]. The van der Waals surface area contributed by atoms with E-state index in [1.165, 1.54) is 4.90 Å². The standard InChI is InChI=1S/C14H21NO4.Na/c16-10-8-15(9-11-17)13(14(18)19)7-6-12-4-2-1-3-5-12;/h1-5,13,16-17H,6-11H2,(H,18,19);/q;+1/p-1. The third-order valence-corrected chi connectivity index (χ3v) is 3.04. The molecule has 0 amide bonds. The maximum Gasteiger partial charge on any atom is 1.00 e. The van der Waals surface area contributed by atoms with E-state index in [0.717, 1.165) is 5.56 Å². The Labute approximate surface area is 141 Å². The first-order valence-electron chi connectivity index (χ1n) is 6.39. The number of rotatable bonds is 9. The van der Waals surface area contributed by atoms with Crippen molar-refractivity contribution >= 4 is 5.97 Å². The van der Waals surface area contributed by atoms with Crippen molar-refractivity contribution in [3.63, 3.8) is 0 Å². The summed E-state index contributed by atoms with van der Waals surface area (Å²) in [7, 11) is 0. The number of aliphatic hydroxyl groups is 2. The van der Waals surface area contributed by atoms with Crippen molar-refractivity contribution in [2.24, 2.45) is 0 Å². The number of benzene rings is 1. The van der Waals surface area contributed by atoms with Crippen molar-refractivity contribution in [3.8, 4) is 0 Å². The van der Waals surface area contributed by atoms with Gasteiger partial charge in [0.05, 0.1) is 19.2 Å². The Kier molecular flexibility index (Phi) is 11.0. The average molecular weight is 289 g/mol. The molecule has 2 N–H and O–H groups in total. The van der Waals surface area contributed by atoms with Crippen molar-refractivity contribution in [2.75, 3.05) is 26.3 Å². The Bertz CT molecular complexity index is 369. The summed E-state index contributed by atoms with van der Waals surface area (Å²) < 4.78 is 0. The second-order valence-electron chi connectivity index (χ2n) is 4.34. The molecule has 0 bridgehead atoms. The largest absolute Gasteiger partial charge is 1.00 e. The summed E-state index contributed by atoms with van der Waals surface area (Å²) in [5.41, 5.74) is 1.06. The van der Waals surface area contributed by atoms with E-state index in [1.54, 1.807) is 0 Å². The summed E-state index contributed by atoms with van der Waals surface area (Å²) in [4.78, 5) is 12.7. The molecule has 1 unspecified atom stereocenters. The fraction of sp³-hybridized carbons (Fsp3) is 0.500. The maximum atomic E-state index is 11.2. The maximum absolute atomic E-state index is 11.2. The van der Waals surface area contributed by atoms with Crippen molar-refractivity contribution in [1.82, 2.24) is 4.90 Å². The second-order valence-corrected chi connectivity index (χ2v) is 4.34. The predicted octanol–water partition coefficient (Wildman–Crippen LogP) is -3.97. The number of hydrogen-bond donors (Lipinski definition) is 2. The van der Waals surface area contributed by atoms with E-state index in [9.17, 15) is 9.90 Å². The van der Waals surface area contributed by atoms with Crippen LogP contribution in [-0.2, 0) is 11.2 Å². The van der Waals surface area contributed by atoms with Crippen LogP contribution in [0.15, 0.2) is 30.3 Å². The Balaban J connectivity index is 0.00000361. The number of hydrogen-bond acceptors (Lipinski definition) is 5. The van der Waals surface area contributed by atoms with Crippen LogP contribution in [0.2, 0.25) is 0 Å². The molecule has 0 aliphatic carbocycles. The van der Waals surface area contributed by atoms with Crippen LogP contribution in [0.3, 0.4) is 0 Å². The molecule has 1 rings (SSSR count). The van der Waals surface area contributed by atoms with Gasteiger partial charge in [-0.3, -0.25) is 4.90 Å². The molecular formula is C14H20NNaO4. The topological polar surface area (TPSA) is 83.8 Å². The molecule has 1 aromatic carbocycles. The number of nitrogens with zero attached hydrogens (tertiary/aromatic N) is 1. The number of carboxylic acid groups (broad SMARTS) is 1. The molecule has 1 atom stereocenters. The Hall–Kier alpha value is -0.430. The van der Waals surface area contributed by atoms with E-state index < -0.39 is 12.0 Å². The third kappa shape index (κ3) is 6.83. The van der Waals surface area contributed by atoms with Gasteiger partial charge < -0.3 is 20.1 Å². The van der Waals surface area contributed by atoms with Gasteiger partial charge in [0.15, 0.2) is 0 Å². The number of aryl methyl sites for hydroxylation is 1. The molecule has 0 radical (unpaired) electrons. The molecule has 0 aliphatic heterocycles. The van der Waals surface area contributed by atoms with E-state index in [4.69, 9.17) is 10.2 Å². The smallest absolute Gasteiger partial charge is 0.548 e. The van der Waals surface area contributed by atoms with Gasteiger partial charge >= 0.3 is 29.6 Å². The molecule has 0 spiro atoms. The molecule has 0 aromatic heterocycles. The van der Waals surface area contributed by atoms with Gasteiger partial charge in [0.1, 0.15) is 0 Å². The van der Waals surface area contributed by atoms with Gasteiger partial charge in [0.2, 0.25) is 0 Å². The number of carbonyl (C=O) groups excluding carboxylic acids is 1. The molecule has 106 valence electrons. The van der Waals surface area contributed by atoms with Gasteiger partial charge in [-0.15, -0.1) is 0 Å². The van der Waals surface area contributed by atoms with Gasteiger partial charge in [-0.2, -0.15) is 0 Å². The number of aliphatic carboxylic acids is 1. The van der Waals surface area contributed by atoms with Gasteiger partial charge in [0, 0.05) is 19.1 Å². The van der Waals surface area contributed by atoms with Crippen molar-refractivity contribution < 1.29 is 49.7 Å². The van der Waals surface area contributed by atoms with Crippen LogP contribution in [-0.4, -0.2) is 53.4 Å². The first-order valence-corrected chi connectivity index (χ1v) is 6.39. The zero-order valence-electron chi connectivity index (χ0n) is 11.9. The molecular weight excluding hydrogens is 269 g/mol. The van der Waals surface area contributed by atoms with E-state index in [2.05, 4.69) is 0 Å². The quantitative estimate of drug-likeness (QED) is 0.453. The first kappa shape index (κ1) is 19.6. The zero-order chi connectivity index (χ0) is 14.1. The van der Waals surface area contributed by atoms with Crippen molar-refractivity contribution in [1.29, 1.82) is 0 Å². The molecule has 0 fully saturated rings. The molecule has 0 aliphatic rings. The van der Waals surface area contributed by atoms with Crippen LogP contribution in [0.25, 0.3) is 0 Å². The monoisotopic (exact) mass is 289 g/mol. The van der Waals surface area contributed by atoms with Gasteiger partial charge in [-0.1, -0.05) is 30.3 Å². The molecule has 0 heterocycles. The average Bonchev–Trinajstić information content (AvgIpc) is 2.40. The predicted molar refractivity (Wildman–Crippen MR) is 69.3 cm³/mol. The van der Waals surface area contributed by atoms with Crippen molar-refractivity contribution in [3.05, 3.63) is 35.9 Å². The Morgan fingerprint density at radius 1 is 1.15 bits per heavy atom. The summed E-state index contributed by atoms with van der Waals surface area (Å²) >= 11 is 0. The van der Waals surface area contributed by atoms with Crippen LogP contribution in [0.1, 0.15) is 12.0 Å². The van der Waals surface area contributed by atoms with E-state index >= 15 is 0 Å². The summed E-state index contributed by atoms with van der Waals surface area (Å²) in [6, 6.07) is 8.80. The fourth-order valence-corrected chi connectivity index (χ4v) is 2.08. The minimum Gasteiger partial charge on any atom is -0.548 e. The van der Waals surface area contributed by atoms with Crippen molar-refractivity contribution in [2.45, 2.75) is 18.9 Å². The van der Waals surface area contributed by atoms with Crippen LogP contribution in [0.4, 0.5) is 0 Å². The third-order valence-electron chi connectivity index (χ3n) is 3.04. The summed E-state index contributed by atoms with van der Waals surface area (Å²) in [6.45, 7) is 0.145. The van der Waals surface area contributed by atoms with Gasteiger partial charge in [-0.05, 0) is 18.4 Å². The number of carbonyl (C=O) groups is 1. The summed E-state index contributed by atoms with van der Waals surface area (Å²) in [5, 5.41) is 29.1. The molecule has 6 heteroatoms. The Morgan fingerprint density at radius 2 is 1.70 bits per heavy atom. The number of aliphatic hydroxyl groups excluding tert-OH is 2. The molecule has 5 nitrogen and oxygen atoms in total. The summed E-state index contributed by atoms with van der Waals surface area (Å²) in [5.74, 6) is -1.17. The molecule has 20 heavy (non-hydrogen) atoms. The zero-order valence-corrected chi connectivity index (χ0v) is 13.9. The summed E-state index contributed by atoms with van der Waals surface area (Å²) in [6.07, 6.45) is 1.01. The van der Waals surface area contributed by atoms with Crippen LogP contribution in [0, 0.1) is 0 Å². The molecule has 0 saturated heterocycles. The van der Waals surface area contributed by atoms with E-state index in [1.807, 2.05) is 30.3 Å². The van der Waals surface area contributed by atoms with Crippen LogP contribution in [0.5, 0.6) is 0 Å². The van der Waals surface area contributed by atoms with Gasteiger partial charge in [0.25, 0.3) is 0 Å². The fourth-order valence-electron chi connectivity index (χ4n) is 2.08. The number of carboxylic acids is 1. The van der Waals surface area contributed by atoms with E-state index in [0.29, 0.717) is 12.8 Å². The minimum atomic E-state index is -1.17. The first-order chi connectivity index (χ1) is 9.19.